The smallest absolute Gasteiger partial charge is 0.264 e. The maximum atomic E-state index is 13.5. The molecule has 3 aromatic rings. The summed E-state index contributed by atoms with van der Waals surface area (Å²) in [6, 6.07) is 18.2. The zero-order valence-corrected chi connectivity index (χ0v) is 21.3. The molecule has 0 saturated carbocycles. The van der Waals surface area contributed by atoms with Gasteiger partial charge in [-0.3, -0.25) is 9.10 Å². The second-order valence-corrected chi connectivity index (χ2v) is 10.6. The van der Waals surface area contributed by atoms with Crippen molar-refractivity contribution in [3.63, 3.8) is 0 Å². The van der Waals surface area contributed by atoms with Gasteiger partial charge in [0.25, 0.3) is 15.9 Å². The molecule has 1 aliphatic heterocycles. The lowest BCUT2D eigenvalue weighted by Crippen LogP contribution is -2.51. The molecule has 2 atom stereocenters. The maximum Gasteiger partial charge on any atom is 0.264 e. The summed E-state index contributed by atoms with van der Waals surface area (Å²) in [5.41, 5.74) is 2.27. The van der Waals surface area contributed by atoms with E-state index in [1.54, 1.807) is 31.4 Å². The Hall–Kier alpha value is -3.23. The van der Waals surface area contributed by atoms with E-state index >= 15 is 0 Å². The van der Waals surface area contributed by atoms with Gasteiger partial charge in [-0.2, -0.15) is 0 Å². The van der Waals surface area contributed by atoms with Gasteiger partial charge in [-0.25, -0.2) is 8.42 Å². The van der Waals surface area contributed by atoms with Crippen molar-refractivity contribution < 1.29 is 22.7 Å². The highest BCUT2D eigenvalue weighted by Crippen LogP contribution is 2.37. The standard InChI is InChI=1S/C26H27ClN2O5S/c1-4-21(18-9-14-23(33-3)17(2)15-18)28-26(30)25-16-29(22-7-5-6-8-24(22)34-25)35(31,32)20-12-10-19(27)11-13-20/h5-15,21,25H,4,16H2,1-3H3,(H,28,30)/t21-,25-/m0/s1. The van der Waals surface area contributed by atoms with Crippen molar-refractivity contribution in [3.8, 4) is 11.5 Å². The van der Waals surface area contributed by atoms with Gasteiger partial charge < -0.3 is 14.8 Å². The number of rotatable bonds is 7. The minimum absolute atomic E-state index is 0.0814. The van der Waals surface area contributed by atoms with E-state index in [4.69, 9.17) is 21.1 Å². The van der Waals surface area contributed by atoms with Crippen LogP contribution in [0.5, 0.6) is 11.5 Å². The van der Waals surface area contributed by atoms with Crippen LogP contribution in [-0.4, -0.2) is 34.1 Å². The molecule has 0 aromatic heterocycles. The fraction of sp³-hybridized carbons (Fsp3) is 0.269. The van der Waals surface area contributed by atoms with Crippen molar-refractivity contribution >= 4 is 33.2 Å². The van der Waals surface area contributed by atoms with Gasteiger partial charge in [0.05, 0.1) is 30.3 Å². The number of carbonyl (C=O) groups excluding carboxylic acids is 1. The molecule has 9 heteroatoms. The molecule has 1 heterocycles. The molecule has 0 unspecified atom stereocenters. The van der Waals surface area contributed by atoms with Gasteiger partial charge in [0.15, 0.2) is 6.10 Å². The largest absolute Gasteiger partial charge is 0.496 e. The minimum atomic E-state index is -3.96. The fourth-order valence-corrected chi connectivity index (χ4v) is 5.71. The van der Waals surface area contributed by atoms with Crippen molar-refractivity contribution in [1.29, 1.82) is 0 Å². The Morgan fingerprint density at radius 3 is 2.54 bits per heavy atom. The van der Waals surface area contributed by atoms with Crippen LogP contribution in [0, 0.1) is 6.92 Å². The Bertz CT molecular complexity index is 1330. The monoisotopic (exact) mass is 514 g/mol. The number of hydrogen-bond donors (Lipinski definition) is 1. The molecule has 35 heavy (non-hydrogen) atoms. The van der Waals surface area contributed by atoms with Gasteiger partial charge in [-0.05, 0) is 66.9 Å². The average Bonchev–Trinajstić information content (AvgIpc) is 2.86. The summed E-state index contributed by atoms with van der Waals surface area (Å²) < 4.78 is 39.5. The van der Waals surface area contributed by atoms with Gasteiger partial charge >= 0.3 is 0 Å². The van der Waals surface area contributed by atoms with E-state index in [2.05, 4.69) is 5.32 Å². The Labute approximate surface area is 210 Å². The molecule has 0 bridgehead atoms. The van der Waals surface area contributed by atoms with Crippen LogP contribution in [0.3, 0.4) is 0 Å². The number of fused-ring (bicyclic) bond motifs is 1. The van der Waals surface area contributed by atoms with Crippen molar-refractivity contribution in [1.82, 2.24) is 5.32 Å². The number of aryl methyl sites for hydroxylation is 1. The number of hydrogen-bond acceptors (Lipinski definition) is 5. The van der Waals surface area contributed by atoms with Gasteiger partial charge in [0.2, 0.25) is 0 Å². The molecule has 4 rings (SSSR count). The number of sulfonamides is 1. The highest BCUT2D eigenvalue weighted by molar-refractivity contribution is 7.92. The maximum absolute atomic E-state index is 13.5. The lowest BCUT2D eigenvalue weighted by molar-refractivity contribution is -0.128. The molecule has 0 spiro atoms. The molecule has 1 amide bonds. The zero-order chi connectivity index (χ0) is 25.2. The number of benzene rings is 3. The Kier molecular flexibility index (Phi) is 7.23. The van der Waals surface area contributed by atoms with Gasteiger partial charge in [-0.15, -0.1) is 0 Å². The second kappa shape index (κ2) is 10.2. The van der Waals surface area contributed by atoms with Crippen LogP contribution in [0.4, 0.5) is 5.69 Å². The van der Waals surface area contributed by atoms with E-state index in [9.17, 15) is 13.2 Å². The van der Waals surface area contributed by atoms with E-state index in [1.807, 2.05) is 32.0 Å². The van der Waals surface area contributed by atoms with Crippen LogP contribution in [-0.2, 0) is 14.8 Å². The lowest BCUT2D eigenvalue weighted by atomic mass is 10.0. The molecule has 0 saturated heterocycles. The van der Waals surface area contributed by atoms with Crippen LogP contribution in [0.2, 0.25) is 5.02 Å². The number of nitrogens with zero attached hydrogens (tertiary/aromatic N) is 1. The van der Waals surface area contributed by atoms with E-state index < -0.39 is 22.0 Å². The van der Waals surface area contributed by atoms with Gasteiger partial charge in [0, 0.05) is 5.02 Å². The molecule has 0 radical (unpaired) electrons. The summed E-state index contributed by atoms with van der Waals surface area (Å²) in [6.07, 6.45) is -0.381. The summed E-state index contributed by atoms with van der Waals surface area (Å²) in [5, 5.41) is 3.46. The molecule has 1 N–H and O–H groups in total. The number of methoxy groups -OCH3 is 1. The predicted molar refractivity (Wildman–Crippen MR) is 136 cm³/mol. The zero-order valence-electron chi connectivity index (χ0n) is 19.7. The number of halogens is 1. The summed E-state index contributed by atoms with van der Waals surface area (Å²) in [6.45, 7) is 3.75. The quantitative estimate of drug-likeness (QED) is 0.485. The average molecular weight is 515 g/mol. The van der Waals surface area contributed by atoms with Crippen molar-refractivity contribution in [2.24, 2.45) is 0 Å². The van der Waals surface area contributed by atoms with E-state index in [0.717, 1.165) is 16.9 Å². The van der Waals surface area contributed by atoms with Gasteiger partial charge in [0.1, 0.15) is 11.5 Å². The number of anilines is 1. The van der Waals surface area contributed by atoms with Crippen LogP contribution < -0.4 is 19.1 Å². The highest BCUT2D eigenvalue weighted by atomic mass is 35.5. The lowest BCUT2D eigenvalue weighted by Gasteiger charge is -2.35. The number of para-hydroxylation sites is 2. The number of carbonyl (C=O) groups is 1. The third-order valence-corrected chi connectivity index (χ3v) is 8.02. The normalized spacial score (nSPS) is 16.1. The summed E-state index contributed by atoms with van der Waals surface area (Å²) in [7, 11) is -2.34. The molecule has 1 aliphatic rings. The van der Waals surface area contributed by atoms with Crippen LogP contribution in [0.1, 0.15) is 30.5 Å². The Morgan fingerprint density at radius 2 is 1.89 bits per heavy atom. The predicted octanol–water partition coefficient (Wildman–Crippen LogP) is 4.88. The van der Waals surface area contributed by atoms with Crippen LogP contribution in [0.15, 0.2) is 71.6 Å². The summed E-state index contributed by atoms with van der Waals surface area (Å²) in [5.74, 6) is 0.700. The molecule has 184 valence electrons. The Balaban J connectivity index is 1.61. The summed E-state index contributed by atoms with van der Waals surface area (Å²) in [4.78, 5) is 13.4. The SMILES string of the molecule is CC[C@H](NC(=O)[C@@H]1CN(S(=O)(=O)c2ccc(Cl)cc2)c2ccccc2O1)c1ccc(OC)c(C)c1. The first kappa shape index (κ1) is 24.9. The van der Waals surface area contributed by atoms with Crippen LogP contribution >= 0.6 is 11.6 Å². The van der Waals surface area contributed by atoms with E-state index in [0.29, 0.717) is 22.9 Å². The number of ether oxygens (including phenoxy) is 2. The van der Waals surface area contributed by atoms with E-state index in [1.165, 1.54) is 28.6 Å². The number of nitrogens with one attached hydrogen (secondary N) is 1. The molecule has 3 aromatic carbocycles. The minimum Gasteiger partial charge on any atom is -0.496 e. The first-order chi connectivity index (χ1) is 16.7. The third kappa shape index (κ3) is 5.09. The topological polar surface area (TPSA) is 84.9 Å². The van der Waals surface area contributed by atoms with Gasteiger partial charge in [-0.1, -0.05) is 42.8 Å². The van der Waals surface area contributed by atoms with E-state index in [-0.39, 0.29) is 17.5 Å². The van der Waals surface area contributed by atoms with Crippen LogP contribution in [0.25, 0.3) is 0 Å². The highest BCUT2D eigenvalue weighted by Gasteiger charge is 2.38. The summed E-state index contributed by atoms with van der Waals surface area (Å²) >= 11 is 5.94. The van der Waals surface area contributed by atoms with Crippen molar-refractivity contribution in [3.05, 3.63) is 82.9 Å². The Morgan fingerprint density at radius 1 is 1.17 bits per heavy atom. The third-order valence-electron chi connectivity index (χ3n) is 5.97. The first-order valence-electron chi connectivity index (χ1n) is 11.2. The molecule has 0 aliphatic carbocycles. The molecule has 0 fully saturated rings. The number of amides is 1. The van der Waals surface area contributed by atoms with Crippen molar-refractivity contribution in [2.75, 3.05) is 18.0 Å². The van der Waals surface area contributed by atoms with Crippen molar-refractivity contribution in [2.45, 2.75) is 37.3 Å². The molecule has 7 nitrogen and oxygen atoms in total. The molecular weight excluding hydrogens is 488 g/mol. The fourth-order valence-electron chi connectivity index (χ4n) is 4.10. The molecular formula is C26H27ClN2O5S. The first-order valence-corrected chi connectivity index (χ1v) is 13.0. The second-order valence-electron chi connectivity index (χ2n) is 8.26.